The number of carbonyl (C=O) groups is 2. The summed E-state index contributed by atoms with van der Waals surface area (Å²) >= 11 is 0. The molecular formula is C15H15N3O3. The summed E-state index contributed by atoms with van der Waals surface area (Å²) in [7, 11) is 0. The number of aryl methyl sites for hydroxylation is 1. The maximum absolute atomic E-state index is 13.1. The van der Waals surface area contributed by atoms with Crippen molar-refractivity contribution in [3.05, 3.63) is 34.4 Å². The minimum absolute atomic E-state index is 0.0396. The Kier molecular flexibility index (Phi) is 1.99. The zero-order valence-electron chi connectivity index (χ0n) is 16.0. The lowest BCUT2D eigenvalue weighted by molar-refractivity contribution is -0.132. The van der Waals surface area contributed by atoms with E-state index in [0.717, 1.165) is 0 Å². The molecule has 21 heavy (non-hydrogen) atoms. The van der Waals surface area contributed by atoms with E-state index in [2.05, 4.69) is 4.98 Å². The van der Waals surface area contributed by atoms with E-state index in [4.69, 9.17) is 12.6 Å². The largest absolute Gasteiger partial charge is 0.398 e. The van der Waals surface area contributed by atoms with Crippen molar-refractivity contribution >= 4 is 28.2 Å². The van der Waals surface area contributed by atoms with Gasteiger partial charge in [0.1, 0.15) is 11.6 Å². The highest BCUT2D eigenvalue weighted by Crippen LogP contribution is 2.24. The Hall–Kier alpha value is -2.50. The van der Waals surface area contributed by atoms with Gasteiger partial charge in [-0.05, 0) is 25.4 Å². The number of nitrogens with zero attached hydrogens (tertiary/aromatic N) is 2. The van der Waals surface area contributed by atoms with Gasteiger partial charge in [0.15, 0.2) is 5.78 Å². The Morgan fingerprint density at radius 2 is 2.38 bits per heavy atom. The predicted octanol–water partition coefficient (Wildman–Crippen LogP) is 1.15. The number of Topliss-reactive ketones (excluding diaryl/α,β-unsaturated/α-hetero) is 2. The van der Waals surface area contributed by atoms with E-state index in [1.54, 1.807) is 0 Å². The van der Waals surface area contributed by atoms with E-state index in [1.807, 2.05) is 0 Å². The van der Waals surface area contributed by atoms with Gasteiger partial charge in [0, 0.05) is 16.2 Å². The van der Waals surface area contributed by atoms with Crippen LogP contribution in [0.15, 0.2) is 23.0 Å². The molecule has 0 saturated heterocycles. The van der Waals surface area contributed by atoms with Crippen molar-refractivity contribution in [2.75, 3.05) is 5.73 Å². The molecule has 1 aromatic carbocycles. The Morgan fingerprint density at radius 3 is 3.10 bits per heavy atom. The van der Waals surface area contributed by atoms with Crippen LogP contribution < -0.4 is 11.3 Å². The number of nitrogens with two attached hydrogens (primary N) is 1. The summed E-state index contributed by atoms with van der Waals surface area (Å²) in [5.74, 6) is -2.09. The molecule has 1 heterocycles. The number of hydrogen-bond acceptors (Lipinski definition) is 5. The first-order valence-corrected chi connectivity index (χ1v) is 6.20. The average Bonchev–Trinajstić information content (AvgIpc) is 2.54. The van der Waals surface area contributed by atoms with E-state index in [-0.39, 0.29) is 28.5 Å². The first-order chi connectivity index (χ1) is 12.0. The summed E-state index contributed by atoms with van der Waals surface area (Å²) in [6.07, 6.45) is -4.06. The van der Waals surface area contributed by atoms with Crippen LogP contribution in [0.4, 0.5) is 5.69 Å². The van der Waals surface area contributed by atoms with Crippen LogP contribution in [0, 0.1) is 6.90 Å². The molecule has 108 valence electrons. The topological polar surface area (TPSA) is 95.0 Å². The molecule has 0 aliphatic heterocycles. The molecule has 3 rings (SSSR count). The number of nitrogen functional groups attached to an aromatic ring is 1. The molecule has 1 aliphatic rings. The number of hydrogen-bond donors (Lipinski definition) is 1. The van der Waals surface area contributed by atoms with Crippen molar-refractivity contribution in [3.8, 4) is 0 Å². The molecule has 0 spiro atoms. The van der Waals surface area contributed by atoms with Gasteiger partial charge in [-0.3, -0.25) is 19.0 Å². The zero-order valence-corrected chi connectivity index (χ0v) is 11.0. The molecule has 6 nitrogen and oxygen atoms in total. The predicted molar refractivity (Wildman–Crippen MR) is 78.1 cm³/mol. The highest BCUT2D eigenvalue weighted by Gasteiger charge is 2.30. The van der Waals surface area contributed by atoms with E-state index in [0.29, 0.717) is 4.57 Å². The lowest BCUT2D eigenvalue weighted by Crippen LogP contribution is -2.36. The number of rotatable bonds is 1. The second-order valence-electron chi connectivity index (χ2n) is 4.67. The molecule has 1 unspecified atom stereocenters. The highest BCUT2D eigenvalue weighted by atomic mass is 16.2. The molecule has 2 N–H and O–H groups in total. The second kappa shape index (κ2) is 4.80. The molecule has 1 atom stereocenters. The first-order valence-electron chi connectivity index (χ1n) is 8.90. The molecule has 1 aliphatic carbocycles. The van der Waals surface area contributed by atoms with Crippen molar-refractivity contribution < 1.29 is 16.4 Å². The fourth-order valence-corrected chi connectivity index (χ4v) is 2.26. The van der Waals surface area contributed by atoms with Crippen molar-refractivity contribution in [2.24, 2.45) is 0 Å². The van der Waals surface area contributed by atoms with Crippen LogP contribution in [0.5, 0.6) is 0 Å². The van der Waals surface area contributed by atoms with Gasteiger partial charge in [0.05, 0.1) is 26.1 Å². The highest BCUT2D eigenvalue weighted by molar-refractivity contribution is 6.03. The third kappa shape index (κ3) is 2.12. The van der Waals surface area contributed by atoms with Crippen LogP contribution in [0.25, 0.3) is 10.9 Å². The summed E-state index contributed by atoms with van der Waals surface area (Å²) in [6.45, 7) is -0.628. The SMILES string of the molecule is [2H]Cc1nc2c([2H])ccc(N)c2c(=O)n1C1([2H])C(=O)CC(=O)CC1([2H])[2H]. The maximum Gasteiger partial charge on any atom is 0.264 e. The van der Waals surface area contributed by atoms with Crippen molar-refractivity contribution in [2.45, 2.75) is 32.1 Å². The Morgan fingerprint density at radius 1 is 1.57 bits per heavy atom. The quantitative estimate of drug-likeness (QED) is 0.628. The van der Waals surface area contributed by atoms with Crippen LogP contribution in [0.1, 0.15) is 37.9 Å². The molecule has 1 fully saturated rings. The lowest BCUT2D eigenvalue weighted by Gasteiger charge is -2.24. The van der Waals surface area contributed by atoms with E-state index < -0.39 is 49.3 Å². The van der Waals surface area contributed by atoms with Crippen LogP contribution in [-0.2, 0) is 9.59 Å². The Labute approximate surface area is 127 Å². The maximum atomic E-state index is 13.1. The molecule has 1 saturated carbocycles. The van der Waals surface area contributed by atoms with Gasteiger partial charge < -0.3 is 5.73 Å². The standard InChI is InChI=1S/C15H15N3O3/c1-8-17-11-4-2-3-10(16)14(11)15(21)18(8)12-6-5-9(19)7-13(12)20/h2-4,12H,5-7,16H2,1H3/i1D,4D,6D2,12D. The number of aromatic nitrogens is 2. The number of ketones is 2. The summed E-state index contributed by atoms with van der Waals surface area (Å²) in [5, 5.41) is -0.221. The first kappa shape index (κ1) is 8.71. The van der Waals surface area contributed by atoms with Gasteiger partial charge in [0.25, 0.3) is 5.56 Å². The van der Waals surface area contributed by atoms with Crippen LogP contribution in [0.2, 0.25) is 0 Å². The fourth-order valence-electron chi connectivity index (χ4n) is 2.26. The van der Waals surface area contributed by atoms with Crippen LogP contribution >= 0.6 is 0 Å². The van der Waals surface area contributed by atoms with E-state index in [9.17, 15) is 14.4 Å². The molecule has 1 aromatic heterocycles. The number of carbonyl (C=O) groups excluding carboxylic acids is 2. The van der Waals surface area contributed by atoms with Gasteiger partial charge in [-0.1, -0.05) is 6.07 Å². The minimum Gasteiger partial charge on any atom is -0.398 e. The van der Waals surface area contributed by atoms with Gasteiger partial charge in [-0.15, -0.1) is 0 Å². The molecule has 2 aromatic rings. The van der Waals surface area contributed by atoms with Gasteiger partial charge in [-0.2, -0.15) is 0 Å². The van der Waals surface area contributed by atoms with Gasteiger partial charge in [-0.25, -0.2) is 4.98 Å². The number of anilines is 1. The molecule has 6 heteroatoms. The lowest BCUT2D eigenvalue weighted by atomic mass is 9.92. The van der Waals surface area contributed by atoms with E-state index >= 15 is 0 Å². The number of benzene rings is 1. The summed E-state index contributed by atoms with van der Waals surface area (Å²) < 4.78 is 40.7. The van der Waals surface area contributed by atoms with Gasteiger partial charge >= 0.3 is 0 Å². The smallest absolute Gasteiger partial charge is 0.264 e. The average molecular weight is 290 g/mol. The summed E-state index contributed by atoms with van der Waals surface area (Å²) in [4.78, 5) is 41.2. The molecule has 0 amide bonds. The minimum atomic E-state index is -2.75. The van der Waals surface area contributed by atoms with Crippen LogP contribution in [0.3, 0.4) is 0 Å². The van der Waals surface area contributed by atoms with Gasteiger partial charge in [0.2, 0.25) is 0 Å². The van der Waals surface area contributed by atoms with Crippen LogP contribution in [-0.4, -0.2) is 21.1 Å². The third-order valence-corrected chi connectivity index (χ3v) is 3.22. The Balaban J connectivity index is 2.47. The summed E-state index contributed by atoms with van der Waals surface area (Å²) in [6, 6.07) is -0.251. The second-order valence-corrected chi connectivity index (χ2v) is 4.67. The molecule has 0 bridgehead atoms. The summed E-state index contributed by atoms with van der Waals surface area (Å²) in [5.41, 5.74) is 4.70. The number of fused-ring (bicyclic) bond motifs is 1. The van der Waals surface area contributed by atoms with Crippen molar-refractivity contribution in [1.29, 1.82) is 0 Å². The fraction of sp³-hybridized carbons (Fsp3) is 0.333. The van der Waals surface area contributed by atoms with E-state index in [1.165, 1.54) is 12.1 Å². The zero-order chi connectivity index (χ0) is 19.4. The van der Waals surface area contributed by atoms with Crippen molar-refractivity contribution in [3.63, 3.8) is 0 Å². The van der Waals surface area contributed by atoms with Crippen molar-refractivity contribution in [1.82, 2.24) is 9.55 Å². The third-order valence-electron chi connectivity index (χ3n) is 3.22. The molecule has 0 radical (unpaired) electrons. The Bertz CT molecular complexity index is 1020. The monoisotopic (exact) mass is 290 g/mol. The molecular weight excluding hydrogens is 270 g/mol. The normalized spacial score (nSPS) is 28.5.